The number of benzene rings is 3. The van der Waals surface area contributed by atoms with Gasteiger partial charge in [0.1, 0.15) is 35.9 Å². The van der Waals surface area contributed by atoms with Gasteiger partial charge >= 0.3 is 0 Å². The van der Waals surface area contributed by atoms with Crippen molar-refractivity contribution in [1.82, 2.24) is 20.3 Å². The largest absolute Gasteiger partial charge is 0.394 e. The first-order valence-corrected chi connectivity index (χ1v) is 13.0. The number of nitrogens with zero attached hydrogens (tertiary/aromatic N) is 3. The molecule has 2 aliphatic rings. The summed E-state index contributed by atoms with van der Waals surface area (Å²) in [5.41, 5.74) is -0.0983. The monoisotopic (exact) mass is 588 g/mol. The van der Waals surface area contributed by atoms with Crippen LogP contribution in [0.15, 0.2) is 54.7 Å². The highest BCUT2D eigenvalue weighted by atomic mass is 19.2. The predicted octanol–water partition coefficient (Wildman–Crippen LogP) is 2.22. The van der Waals surface area contributed by atoms with Crippen molar-refractivity contribution in [3.8, 4) is 11.3 Å². The molecule has 0 aliphatic carbocycles. The van der Waals surface area contributed by atoms with Crippen molar-refractivity contribution in [2.24, 2.45) is 0 Å². The van der Waals surface area contributed by atoms with Gasteiger partial charge < -0.3 is 30.1 Å². The van der Waals surface area contributed by atoms with Gasteiger partial charge in [-0.15, -0.1) is 5.10 Å². The molecule has 4 N–H and O–H groups in total. The summed E-state index contributed by atoms with van der Waals surface area (Å²) in [7, 11) is 0. The number of aromatic nitrogens is 3. The Balaban J connectivity index is 1.33. The lowest BCUT2D eigenvalue weighted by Gasteiger charge is -2.49. The smallest absolute Gasteiger partial charge is 0.252 e. The van der Waals surface area contributed by atoms with Crippen LogP contribution in [0.2, 0.25) is 0 Å². The highest BCUT2D eigenvalue weighted by Crippen LogP contribution is 2.43. The molecule has 1 aromatic heterocycles. The van der Waals surface area contributed by atoms with Crippen LogP contribution in [0.4, 0.5) is 17.6 Å². The van der Waals surface area contributed by atoms with Crippen LogP contribution in [-0.2, 0) is 9.47 Å². The van der Waals surface area contributed by atoms with Crippen LogP contribution < -0.4 is 5.32 Å². The Labute approximate surface area is 235 Å². The minimum absolute atomic E-state index is 0.0177. The molecule has 0 radical (unpaired) electrons. The third-order valence-corrected chi connectivity index (χ3v) is 7.72. The van der Waals surface area contributed by atoms with Gasteiger partial charge in [0, 0.05) is 16.5 Å². The van der Waals surface area contributed by atoms with E-state index in [-0.39, 0.29) is 35.2 Å². The number of aliphatic hydroxyl groups excluding tert-OH is 3. The minimum Gasteiger partial charge on any atom is -0.394 e. The summed E-state index contributed by atoms with van der Waals surface area (Å²) in [5, 5.41) is 43.7. The summed E-state index contributed by atoms with van der Waals surface area (Å²) < 4.78 is 68.2. The van der Waals surface area contributed by atoms with Gasteiger partial charge in [-0.3, -0.25) is 4.79 Å². The summed E-state index contributed by atoms with van der Waals surface area (Å²) in [5.74, 6) is -7.63. The van der Waals surface area contributed by atoms with Crippen molar-refractivity contribution < 1.29 is 47.1 Å². The molecule has 0 bridgehead atoms. The molecule has 10 nitrogen and oxygen atoms in total. The van der Waals surface area contributed by atoms with E-state index < -0.39 is 72.0 Å². The number of carbonyl (C=O) groups is 1. The quantitative estimate of drug-likeness (QED) is 0.206. The van der Waals surface area contributed by atoms with Gasteiger partial charge in [0.2, 0.25) is 5.79 Å². The number of carbonyl (C=O) groups excluding carboxylic acids is 1. The summed E-state index contributed by atoms with van der Waals surface area (Å²) in [6, 6.07) is 7.97. The van der Waals surface area contributed by atoms with E-state index >= 15 is 0 Å². The number of amides is 1. The Morgan fingerprint density at radius 1 is 1.05 bits per heavy atom. The van der Waals surface area contributed by atoms with Gasteiger partial charge in [0.15, 0.2) is 17.5 Å². The number of rotatable bonds is 5. The maximum absolute atomic E-state index is 14.3. The molecular formula is C28H24F4N4O6. The van der Waals surface area contributed by atoms with Crippen LogP contribution in [0.3, 0.4) is 0 Å². The molecule has 4 aromatic rings. The van der Waals surface area contributed by atoms with Crippen LogP contribution in [0.25, 0.3) is 22.0 Å². The van der Waals surface area contributed by atoms with Crippen LogP contribution in [0, 0.1) is 23.3 Å². The third-order valence-electron chi connectivity index (χ3n) is 7.72. The molecule has 3 aromatic carbocycles. The molecule has 42 heavy (non-hydrogen) atoms. The number of nitrogens with one attached hydrogen (secondary N) is 1. The molecule has 220 valence electrons. The normalized spacial score (nSPS) is 27.5. The summed E-state index contributed by atoms with van der Waals surface area (Å²) in [4.78, 5) is 13.4. The molecule has 0 saturated carbocycles. The van der Waals surface area contributed by atoms with Crippen molar-refractivity contribution in [2.45, 2.75) is 42.6 Å². The van der Waals surface area contributed by atoms with E-state index in [9.17, 15) is 37.7 Å². The van der Waals surface area contributed by atoms with Crippen LogP contribution in [-0.4, -0.2) is 79.6 Å². The van der Waals surface area contributed by atoms with E-state index in [4.69, 9.17) is 9.47 Å². The Bertz CT molecular complexity index is 1650. The van der Waals surface area contributed by atoms with Crippen molar-refractivity contribution in [3.63, 3.8) is 0 Å². The van der Waals surface area contributed by atoms with Crippen LogP contribution >= 0.6 is 0 Å². The average molecular weight is 589 g/mol. The van der Waals surface area contributed by atoms with Crippen molar-refractivity contribution >= 4 is 16.7 Å². The molecule has 1 spiro atoms. The SMILES string of the molecule is O=C(N[C@@H]1CCO[C@]12O[C@H](CO)[C@H](O)[C@H](n1cc(-c3cc(F)c(F)c(F)c3)nn1)[C@H]2O)c1ccc(F)c2ccccc12. The van der Waals surface area contributed by atoms with Gasteiger partial charge in [0.25, 0.3) is 5.91 Å². The molecular weight excluding hydrogens is 564 g/mol. The topological polar surface area (TPSA) is 139 Å². The predicted molar refractivity (Wildman–Crippen MR) is 137 cm³/mol. The number of fused-ring (bicyclic) bond motifs is 1. The van der Waals surface area contributed by atoms with Gasteiger partial charge in [-0.05, 0) is 36.1 Å². The zero-order valence-electron chi connectivity index (χ0n) is 21.6. The molecule has 3 heterocycles. The molecule has 1 amide bonds. The Hall–Kier alpha value is -3.95. The van der Waals surface area contributed by atoms with Gasteiger partial charge in [0.05, 0.1) is 25.5 Å². The van der Waals surface area contributed by atoms with E-state index in [0.29, 0.717) is 17.5 Å². The number of halogens is 4. The maximum atomic E-state index is 14.3. The maximum Gasteiger partial charge on any atom is 0.252 e. The highest BCUT2D eigenvalue weighted by Gasteiger charge is 2.62. The van der Waals surface area contributed by atoms with Crippen LogP contribution in [0.5, 0.6) is 0 Å². The molecule has 6 rings (SSSR count). The zero-order valence-corrected chi connectivity index (χ0v) is 21.6. The lowest BCUT2D eigenvalue weighted by molar-refractivity contribution is -0.344. The fourth-order valence-electron chi connectivity index (χ4n) is 5.64. The van der Waals surface area contributed by atoms with E-state index in [0.717, 1.165) is 4.68 Å². The first-order chi connectivity index (χ1) is 20.1. The van der Waals surface area contributed by atoms with Gasteiger partial charge in [-0.2, -0.15) is 0 Å². The number of ether oxygens (including phenoxy) is 2. The van der Waals surface area contributed by atoms with Crippen molar-refractivity contribution in [1.29, 1.82) is 0 Å². The number of hydrogen-bond acceptors (Lipinski definition) is 8. The number of hydrogen-bond donors (Lipinski definition) is 4. The summed E-state index contributed by atoms with van der Waals surface area (Å²) in [6.45, 7) is -0.696. The number of aliphatic hydroxyl groups is 3. The molecule has 2 saturated heterocycles. The third kappa shape index (κ3) is 4.51. The lowest BCUT2D eigenvalue weighted by Crippen LogP contribution is -2.69. The van der Waals surface area contributed by atoms with E-state index in [1.807, 2.05) is 0 Å². The Kier molecular flexibility index (Phi) is 7.19. The summed E-state index contributed by atoms with van der Waals surface area (Å²) in [6.07, 6.45) is -3.28. The van der Waals surface area contributed by atoms with Crippen molar-refractivity contribution in [2.75, 3.05) is 13.2 Å². The average Bonchev–Trinajstić information content (AvgIpc) is 3.62. The second kappa shape index (κ2) is 10.7. The van der Waals surface area contributed by atoms with Gasteiger partial charge in [-0.1, -0.05) is 29.5 Å². The second-order valence-electron chi connectivity index (χ2n) is 10.1. The highest BCUT2D eigenvalue weighted by molar-refractivity contribution is 6.07. The molecule has 2 fully saturated rings. The molecule has 0 unspecified atom stereocenters. The first kappa shape index (κ1) is 28.2. The molecule has 2 aliphatic heterocycles. The second-order valence-corrected chi connectivity index (χ2v) is 10.1. The van der Waals surface area contributed by atoms with Crippen molar-refractivity contribution in [3.05, 3.63) is 83.6 Å². The fraction of sp³-hybridized carbons (Fsp3) is 0.321. The Morgan fingerprint density at radius 3 is 2.48 bits per heavy atom. The van der Waals surface area contributed by atoms with Crippen LogP contribution in [0.1, 0.15) is 22.8 Å². The minimum atomic E-state index is -1.97. The Morgan fingerprint density at radius 2 is 1.76 bits per heavy atom. The fourth-order valence-corrected chi connectivity index (χ4v) is 5.64. The summed E-state index contributed by atoms with van der Waals surface area (Å²) >= 11 is 0. The molecule has 6 atom stereocenters. The lowest BCUT2D eigenvalue weighted by atomic mass is 9.86. The molecule has 14 heteroatoms. The van der Waals surface area contributed by atoms with E-state index in [2.05, 4.69) is 15.6 Å². The first-order valence-electron chi connectivity index (χ1n) is 13.0. The standard InChI is InChI=1S/C28H24F4N4O6/c29-17-6-5-16(14-3-1-2-4-15(14)17)27(40)33-22-7-8-41-28(22)26(39)24(25(38)21(12-37)42-28)36-11-20(34-35-36)13-9-18(30)23(32)19(31)10-13/h1-6,9-11,21-22,24-26,37-39H,7-8,12H2,(H,33,40)/t21-,22-,24+,25+,26-,28+/m1/s1. The van der Waals surface area contributed by atoms with Gasteiger partial charge in [-0.25, -0.2) is 22.2 Å². The zero-order chi connectivity index (χ0) is 29.8. The van der Waals surface area contributed by atoms with E-state index in [1.54, 1.807) is 18.2 Å². The van der Waals surface area contributed by atoms with E-state index in [1.165, 1.54) is 24.4 Å².